The summed E-state index contributed by atoms with van der Waals surface area (Å²) in [7, 11) is 0. The lowest BCUT2D eigenvalue weighted by Gasteiger charge is -2.57. The zero-order valence-corrected chi connectivity index (χ0v) is 16.8. The molecule has 4 heteroatoms. The summed E-state index contributed by atoms with van der Waals surface area (Å²) in [6.45, 7) is 0.705. The molecule has 4 bridgehead atoms. The summed E-state index contributed by atoms with van der Waals surface area (Å²) < 4.78 is 6.91. The van der Waals surface area contributed by atoms with E-state index >= 15 is 0 Å². The lowest BCUT2D eigenvalue weighted by atomic mass is 9.53. The summed E-state index contributed by atoms with van der Waals surface area (Å²) in [5.41, 5.74) is 8.41. The van der Waals surface area contributed by atoms with Gasteiger partial charge in [0.25, 0.3) is 0 Å². The van der Waals surface area contributed by atoms with Crippen molar-refractivity contribution in [2.45, 2.75) is 81.7 Å². The van der Waals surface area contributed by atoms with Gasteiger partial charge in [-0.3, -0.25) is 0 Å². The Hall–Kier alpha value is -0.940. The van der Waals surface area contributed by atoms with Crippen LogP contribution in [0.2, 0.25) is 0 Å². The molecule has 5 aliphatic carbocycles. The van der Waals surface area contributed by atoms with E-state index < -0.39 is 11.6 Å². The van der Waals surface area contributed by atoms with Gasteiger partial charge in [0.1, 0.15) is 0 Å². The third-order valence-corrected chi connectivity index (χ3v) is 8.50. The van der Waals surface area contributed by atoms with Crippen LogP contribution in [0.4, 0.5) is 0 Å². The monoisotopic (exact) mass is 383 g/mol. The van der Waals surface area contributed by atoms with Crippen molar-refractivity contribution in [2.24, 2.45) is 29.4 Å². The molecule has 2 N–H and O–H groups in total. The number of rotatable bonds is 3. The fourth-order valence-corrected chi connectivity index (χ4v) is 7.38. The van der Waals surface area contributed by atoms with Crippen LogP contribution in [0.25, 0.3) is 0 Å². The molecule has 5 saturated carbocycles. The van der Waals surface area contributed by atoms with Crippen LogP contribution < -0.4 is 5.73 Å². The molecular weight excluding hydrogens is 350 g/mol. The minimum atomic E-state index is -0.534. The van der Waals surface area contributed by atoms with E-state index in [1.807, 2.05) is 0 Å². The minimum Gasteiger partial charge on any atom is -0.330 e. The SMILES string of the molecule is NCCc1ccc(C2CCC[C@]3(C2)OOC2(O3)C3CC4CC(C3)CC2C4)cc1. The highest BCUT2D eigenvalue weighted by molar-refractivity contribution is 5.26. The lowest BCUT2D eigenvalue weighted by Crippen LogP contribution is -2.59. The summed E-state index contributed by atoms with van der Waals surface area (Å²) in [5, 5.41) is 0. The quantitative estimate of drug-likeness (QED) is 0.771. The molecule has 1 aliphatic heterocycles. The molecule has 6 aliphatic rings. The van der Waals surface area contributed by atoms with Crippen molar-refractivity contribution in [3.05, 3.63) is 35.4 Å². The van der Waals surface area contributed by atoms with Crippen LogP contribution in [-0.4, -0.2) is 18.1 Å². The van der Waals surface area contributed by atoms with Crippen LogP contribution in [-0.2, 0) is 20.9 Å². The predicted octanol–water partition coefficient (Wildman–Crippen LogP) is 4.67. The first-order valence-corrected chi connectivity index (χ1v) is 11.5. The van der Waals surface area contributed by atoms with E-state index in [-0.39, 0.29) is 0 Å². The second-order valence-electron chi connectivity index (χ2n) is 10.3. The Labute approximate surface area is 168 Å². The summed E-state index contributed by atoms with van der Waals surface area (Å²) in [6, 6.07) is 9.03. The molecule has 1 aromatic rings. The third-order valence-electron chi connectivity index (χ3n) is 8.50. The average Bonchev–Trinajstić information content (AvgIpc) is 3.06. The Kier molecular flexibility index (Phi) is 4.17. The summed E-state index contributed by atoms with van der Waals surface area (Å²) in [5.74, 6) is 2.40. The van der Waals surface area contributed by atoms with Crippen molar-refractivity contribution in [1.29, 1.82) is 0 Å². The normalized spacial score (nSPS) is 46.7. The van der Waals surface area contributed by atoms with E-state index in [9.17, 15) is 0 Å². The van der Waals surface area contributed by atoms with Crippen LogP contribution in [0, 0.1) is 23.7 Å². The predicted molar refractivity (Wildman–Crippen MR) is 106 cm³/mol. The molecule has 1 saturated heterocycles. The van der Waals surface area contributed by atoms with E-state index in [1.54, 1.807) is 0 Å². The van der Waals surface area contributed by atoms with Crippen LogP contribution in [0.3, 0.4) is 0 Å². The van der Waals surface area contributed by atoms with Gasteiger partial charge in [0.2, 0.25) is 11.6 Å². The van der Waals surface area contributed by atoms with Crippen molar-refractivity contribution in [1.82, 2.24) is 0 Å². The number of nitrogens with two attached hydrogens (primary N) is 1. The Balaban J connectivity index is 1.21. The van der Waals surface area contributed by atoms with E-state index in [2.05, 4.69) is 24.3 Å². The van der Waals surface area contributed by atoms with E-state index in [1.165, 1.54) is 49.7 Å². The molecule has 0 aromatic heterocycles. The highest BCUT2D eigenvalue weighted by Gasteiger charge is 2.66. The first kappa shape index (κ1) is 17.9. The number of benzene rings is 1. The highest BCUT2D eigenvalue weighted by atomic mass is 17.3. The lowest BCUT2D eigenvalue weighted by molar-refractivity contribution is -0.390. The fourth-order valence-electron chi connectivity index (χ4n) is 7.38. The molecule has 4 nitrogen and oxygen atoms in total. The standard InChI is InChI=1S/C24H33NO3/c25-9-7-16-3-5-19(6-4-16)20-2-1-8-23(15-20)26-24(28-27-23)21-11-17-10-18(13-21)14-22(24)12-17/h3-6,17-18,20-22H,1-2,7-15,25H2/t17?,18?,20?,21?,22?,23-,24?/m1/s1. The highest BCUT2D eigenvalue weighted by Crippen LogP contribution is 2.64. The van der Waals surface area contributed by atoms with Crippen LogP contribution in [0.5, 0.6) is 0 Å². The zero-order valence-electron chi connectivity index (χ0n) is 16.8. The first-order valence-electron chi connectivity index (χ1n) is 11.5. The Morgan fingerprint density at radius 3 is 2.32 bits per heavy atom. The van der Waals surface area contributed by atoms with Gasteiger partial charge in [-0.25, -0.2) is 0 Å². The number of ether oxygens (including phenoxy) is 1. The molecule has 6 fully saturated rings. The number of hydrogen-bond donors (Lipinski definition) is 1. The topological polar surface area (TPSA) is 53.7 Å². The Morgan fingerprint density at radius 2 is 1.64 bits per heavy atom. The van der Waals surface area contributed by atoms with Gasteiger partial charge in [-0.15, -0.1) is 0 Å². The molecule has 1 unspecified atom stereocenters. The largest absolute Gasteiger partial charge is 0.330 e. The van der Waals surface area contributed by atoms with Crippen LogP contribution >= 0.6 is 0 Å². The molecule has 2 spiro atoms. The van der Waals surface area contributed by atoms with Crippen molar-refractivity contribution >= 4 is 0 Å². The van der Waals surface area contributed by atoms with E-state index in [4.69, 9.17) is 20.2 Å². The van der Waals surface area contributed by atoms with Gasteiger partial charge in [0.05, 0.1) is 0 Å². The molecule has 0 amide bonds. The molecule has 2 atom stereocenters. The maximum absolute atomic E-state index is 6.91. The van der Waals surface area contributed by atoms with Gasteiger partial charge in [0.15, 0.2) is 0 Å². The van der Waals surface area contributed by atoms with Gasteiger partial charge < -0.3 is 10.5 Å². The second kappa shape index (κ2) is 6.53. The first-order chi connectivity index (χ1) is 13.7. The fraction of sp³-hybridized carbons (Fsp3) is 0.750. The van der Waals surface area contributed by atoms with Gasteiger partial charge in [0, 0.05) is 24.7 Å². The molecule has 28 heavy (non-hydrogen) atoms. The maximum Gasteiger partial charge on any atom is 0.210 e. The third kappa shape index (κ3) is 2.72. The van der Waals surface area contributed by atoms with Crippen LogP contribution in [0.1, 0.15) is 74.8 Å². The van der Waals surface area contributed by atoms with Crippen molar-refractivity contribution in [3.8, 4) is 0 Å². The molecular formula is C24H33NO3. The number of hydrogen-bond acceptors (Lipinski definition) is 4. The van der Waals surface area contributed by atoms with Crippen molar-refractivity contribution < 1.29 is 14.5 Å². The molecule has 152 valence electrons. The van der Waals surface area contributed by atoms with Crippen molar-refractivity contribution in [2.75, 3.05) is 6.54 Å². The van der Waals surface area contributed by atoms with E-state index in [0.29, 0.717) is 24.3 Å². The average molecular weight is 384 g/mol. The van der Waals surface area contributed by atoms with Gasteiger partial charge in [-0.2, -0.15) is 9.78 Å². The maximum atomic E-state index is 6.91. The zero-order chi connectivity index (χ0) is 18.8. The van der Waals surface area contributed by atoms with Gasteiger partial charge in [-0.05, 0) is 86.8 Å². The Morgan fingerprint density at radius 1 is 0.929 bits per heavy atom. The van der Waals surface area contributed by atoms with Gasteiger partial charge in [-0.1, -0.05) is 24.3 Å². The molecule has 0 radical (unpaired) electrons. The van der Waals surface area contributed by atoms with Crippen molar-refractivity contribution in [3.63, 3.8) is 0 Å². The summed E-state index contributed by atoms with van der Waals surface area (Å²) >= 11 is 0. The second-order valence-corrected chi connectivity index (χ2v) is 10.3. The van der Waals surface area contributed by atoms with Gasteiger partial charge >= 0.3 is 0 Å². The Bertz CT molecular complexity index is 704. The molecule has 1 aromatic carbocycles. The van der Waals surface area contributed by atoms with E-state index in [0.717, 1.165) is 37.5 Å². The molecule has 7 rings (SSSR count). The summed E-state index contributed by atoms with van der Waals surface area (Å²) in [4.78, 5) is 12.3. The smallest absolute Gasteiger partial charge is 0.210 e. The minimum absolute atomic E-state index is 0.444. The summed E-state index contributed by atoms with van der Waals surface area (Å²) in [6.07, 6.45) is 11.7. The van der Waals surface area contributed by atoms with Crippen LogP contribution in [0.15, 0.2) is 24.3 Å². The molecule has 1 heterocycles.